The van der Waals surface area contributed by atoms with Gasteiger partial charge in [0.25, 0.3) is 0 Å². The van der Waals surface area contributed by atoms with E-state index in [1.807, 2.05) is 0 Å². The van der Waals surface area contributed by atoms with Crippen LogP contribution in [0.25, 0.3) is 0 Å². The van der Waals surface area contributed by atoms with Crippen LogP contribution in [-0.4, -0.2) is 41.8 Å². The number of nitrogens with one attached hydrogen (secondary N) is 1. The van der Waals surface area contributed by atoms with E-state index in [1.54, 1.807) is 0 Å². The SMILES string of the molecule is CCNc1cc(N2CC(C)OCC2CC)nc(C(C)C)n1. The van der Waals surface area contributed by atoms with E-state index < -0.39 is 0 Å². The third kappa shape index (κ3) is 3.84. The number of ether oxygens (including phenoxy) is 1. The predicted molar refractivity (Wildman–Crippen MR) is 87.1 cm³/mol. The molecule has 0 aromatic carbocycles. The zero-order valence-corrected chi connectivity index (χ0v) is 13.9. The smallest absolute Gasteiger partial charge is 0.135 e. The molecule has 0 amide bonds. The summed E-state index contributed by atoms with van der Waals surface area (Å²) >= 11 is 0. The van der Waals surface area contributed by atoms with Gasteiger partial charge in [0.2, 0.25) is 0 Å². The Bertz CT molecular complexity index is 464. The summed E-state index contributed by atoms with van der Waals surface area (Å²) in [6.07, 6.45) is 1.30. The number of anilines is 2. The molecule has 1 aliphatic rings. The van der Waals surface area contributed by atoms with Crippen molar-refractivity contribution in [2.45, 2.75) is 59.1 Å². The standard InChI is InChI=1S/C16H28N4O/c1-6-13-10-21-12(5)9-20(13)15-8-14(17-7-2)18-16(19-15)11(3)4/h8,11-13H,6-7,9-10H2,1-5H3,(H,17,18,19). The number of rotatable bonds is 5. The summed E-state index contributed by atoms with van der Waals surface area (Å²) in [5, 5.41) is 3.32. The molecule has 1 fully saturated rings. The van der Waals surface area contributed by atoms with Crippen molar-refractivity contribution in [3.05, 3.63) is 11.9 Å². The molecule has 0 spiro atoms. The van der Waals surface area contributed by atoms with Crippen LogP contribution >= 0.6 is 0 Å². The lowest BCUT2D eigenvalue weighted by molar-refractivity contribution is 0.0296. The summed E-state index contributed by atoms with van der Waals surface area (Å²) in [4.78, 5) is 11.8. The first-order chi connectivity index (χ1) is 10.0. The van der Waals surface area contributed by atoms with Gasteiger partial charge in [0.15, 0.2) is 0 Å². The van der Waals surface area contributed by atoms with Crippen LogP contribution in [0.2, 0.25) is 0 Å². The van der Waals surface area contributed by atoms with Gasteiger partial charge in [0.05, 0.1) is 18.8 Å². The van der Waals surface area contributed by atoms with Gasteiger partial charge in [-0.1, -0.05) is 20.8 Å². The van der Waals surface area contributed by atoms with Crippen molar-refractivity contribution in [1.82, 2.24) is 9.97 Å². The maximum Gasteiger partial charge on any atom is 0.135 e. The Labute approximate surface area is 128 Å². The van der Waals surface area contributed by atoms with Crippen LogP contribution in [0.5, 0.6) is 0 Å². The van der Waals surface area contributed by atoms with E-state index in [0.29, 0.717) is 12.0 Å². The fourth-order valence-electron chi connectivity index (χ4n) is 2.59. The monoisotopic (exact) mass is 292 g/mol. The lowest BCUT2D eigenvalue weighted by Crippen LogP contribution is -2.49. The molecule has 1 aromatic rings. The van der Waals surface area contributed by atoms with Crippen LogP contribution in [0.15, 0.2) is 6.07 Å². The molecule has 118 valence electrons. The van der Waals surface area contributed by atoms with Crippen LogP contribution in [-0.2, 0) is 4.74 Å². The van der Waals surface area contributed by atoms with E-state index in [1.165, 1.54) is 0 Å². The van der Waals surface area contributed by atoms with Crippen LogP contribution in [0.4, 0.5) is 11.6 Å². The number of hydrogen-bond acceptors (Lipinski definition) is 5. The quantitative estimate of drug-likeness (QED) is 0.904. The molecule has 0 saturated carbocycles. The Balaban J connectivity index is 2.35. The molecule has 1 aliphatic heterocycles. The van der Waals surface area contributed by atoms with Gasteiger partial charge in [0, 0.05) is 25.1 Å². The lowest BCUT2D eigenvalue weighted by atomic mass is 10.1. The summed E-state index contributed by atoms with van der Waals surface area (Å²) in [5.41, 5.74) is 0. The van der Waals surface area contributed by atoms with Crippen molar-refractivity contribution < 1.29 is 4.74 Å². The molecular weight excluding hydrogens is 264 g/mol. The zero-order chi connectivity index (χ0) is 15.4. The molecule has 1 N–H and O–H groups in total. The first-order valence-electron chi connectivity index (χ1n) is 8.06. The Hall–Kier alpha value is -1.36. The molecule has 2 rings (SSSR count). The second-order valence-electron chi connectivity index (χ2n) is 6.01. The van der Waals surface area contributed by atoms with Crippen LogP contribution in [0.1, 0.15) is 52.8 Å². The molecule has 1 saturated heterocycles. The lowest BCUT2D eigenvalue weighted by Gasteiger charge is -2.39. The fraction of sp³-hybridized carbons (Fsp3) is 0.750. The molecule has 5 heteroatoms. The maximum atomic E-state index is 5.79. The van der Waals surface area contributed by atoms with Crippen LogP contribution in [0.3, 0.4) is 0 Å². The predicted octanol–water partition coefficient (Wildman–Crippen LogP) is 3.04. The highest BCUT2D eigenvalue weighted by Crippen LogP contribution is 2.25. The summed E-state index contributed by atoms with van der Waals surface area (Å²) in [6, 6.07) is 2.46. The second kappa shape index (κ2) is 7.07. The van der Waals surface area contributed by atoms with Crippen molar-refractivity contribution in [3.63, 3.8) is 0 Å². The topological polar surface area (TPSA) is 50.3 Å². The first kappa shape index (κ1) is 16.0. The molecule has 0 radical (unpaired) electrons. The minimum Gasteiger partial charge on any atom is -0.375 e. The van der Waals surface area contributed by atoms with Gasteiger partial charge in [-0.2, -0.15) is 0 Å². The van der Waals surface area contributed by atoms with E-state index in [2.05, 4.69) is 55.9 Å². The molecule has 2 heterocycles. The summed E-state index contributed by atoms with van der Waals surface area (Å²) < 4.78 is 5.79. The molecule has 1 aromatic heterocycles. The molecule has 2 unspecified atom stereocenters. The van der Waals surface area contributed by atoms with Crippen molar-refractivity contribution in [2.75, 3.05) is 29.9 Å². The van der Waals surface area contributed by atoms with Crippen molar-refractivity contribution in [1.29, 1.82) is 0 Å². The van der Waals surface area contributed by atoms with Gasteiger partial charge < -0.3 is 15.0 Å². The molecular formula is C16H28N4O. The second-order valence-corrected chi connectivity index (χ2v) is 6.01. The van der Waals surface area contributed by atoms with Gasteiger partial charge in [-0.05, 0) is 20.3 Å². The minimum absolute atomic E-state index is 0.243. The Morgan fingerprint density at radius 2 is 2.14 bits per heavy atom. The Kier molecular flexibility index (Phi) is 5.39. The van der Waals surface area contributed by atoms with E-state index in [4.69, 9.17) is 9.72 Å². The zero-order valence-electron chi connectivity index (χ0n) is 13.9. The van der Waals surface area contributed by atoms with Crippen molar-refractivity contribution in [3.8, 4) is 0 Å². The van der Waals surface area contributed by atoms with Gasteiger partial charge >= 0.3 is 0 Å². The molecule has 2 atom stereocenters. The van der Waals surface area contributed by atoms with Gasteiger partial charge in [0.1, 0.15) is 17.5 Å². The highest BCUT2D eigenvalue weighted by molar-refractivity contribution is 5.50. The van der Waals surface area contributed by atoms with E-state index in [-0.39, 0.29) is 6.10 Å². The fourth-order valence-corrected chi connectivity index (χ4v) is 2.59. The third-order valence-electron chi connectivity index (χ3n) is 3.84. The average Bonchev–Trinajstić information content (AvgIpc) is 2.47. The van der Waals surface area contributed by atoms with Crippen LogP contribution < -0.4 is 10.2 Å². The largest absolute Gasteiger partial charge is 0.375 e. The molecule has 21 heavy (non-hydrogen) atoms. The van der Waals surface area contributed by atoms with Crippen molar-refractivity contribution >= 4 is 11.6 Å². The first-order valence-corrected chi connectivity index (χ1v) is 8.06. The van der Waals surface area contributed by atoms with Gasteiger partial charge in [-0.25, -0.2) is 9.97 Å². The summed E-state index contributed by atoms with van der Waals surface area (Å²) in [5.74, 6) is 3.16. The van der Waals surface area contributed by atoms with Gasteiger partial charge in [-0.15, -0.1) is 0 Å². The summed E-state index contributed by atoms with van der Waals surface area (Å²) in [6.45, 7) is 13.2. The Morgan fingerprint density at radius 1 is 1.38 bits per heavy atom. The molecule has 0 aliphatic carbocycles. The summed E-state index contributed by atoms with van der Waals surface area (Å²) in [7, 11) is 0. The van der Waals surface area contributed by atoms with Crippen LogP contribution in [0, 0.1) is 0 Å². The normalized spacial score (nSPS) is 22.7. The van der Waals surface area contributed by atoms with Crippen molar-refractivity contribution in [2.24, 2.45) is 0 Å². The third-order valence-corrected chi connectivity index (χ3v) is 3.84. The van der Waals surface area contributed by atoms with E-state index in [9.17, 15) is 0 Å². The molecule has 5 nitrogen and oxygen atoms in total. The van der Waals surface area contributed by atoms with E-state index >= 15 is 0 Å². The number of nitrogens with zero attached hydrogens (tertiary/aromatic N) is 3. The Morgan fingerprint density at radius 3 is 2.76 bits per heavy atom. The minimum atomic E-state index is 0.243. The number of aromatic nitrogens is 2. The highest BCUT2D eigenvalue weighted by atomic mass is 16.5. The number of morpholine rings is 1. The highest BCUT2D eigenvalue weighted by Gasteiger charge is 2.27. The molecule has 0 bridgehead atoms. The van der Waals surface area contributed by atoms with Gasteiger partial charge in [-0.3, -0.25) is 0 Å². The number of hydrogen-bond donors (Lipinski definition) is 1. The maximum absolute atomic E-state index is 5.79. The van der Waals surface area contributed by atoms with E-state index in [0.717, 1.165) is 43.6 Å². The average molecular weight is 292 g/mol.